The number of nitrogens with two attached hydrogens (primary N) is 1. The van der Waals surface area contributed by atoms with Crippen LogP contribution in [0.25, 0.3) is 0 Å². The van der Waals surface area contributed by atoms with E-state index in [0.29, 0.717) is 11.6 Å². The fourth-order valence-electron chi connectivity index (χ4n) is 2.03. The maximum absolute atomic E-state index is 12.7. The quantitative estimate of drug-likeness (QED) is 0.863. The van der Waals surface area contributed by atoms with Crippen molar-refractivity contribution in [2.45, 2.75) is 19.0 Å². The van der Waals surface area contributed by atoms with Crippen molar-refractivity contribution >= 4 is 22.9 Å². The van der Waals surface area contributed by atoms with Crippen molar-refractivity contribution in [2.24, 2.45) is 11.7 Å². The standard InChI is InChI=1S/C13H15F3N2S/c1-18(7-8-2-3-8)11-5-4-9(13(14,15)16)6-10(11)12(17)19/h4-6,8H,2-3,7H2,1H3,(H2,17,19). The molecule has 0 heterocycles. The summed E-state index contributed by atoms with van der Waals surface area (Å²) in [6.45, 7) is 0.820. The molecular formula is C13H15F3N2S. The van der Waals surface area contributed by atoms with Crippen LogP contribution in [0.3, 0.4) is 0 Å². The molecule has 1 aromatic carbocycles. The number of rotatable bonds is 4. The summed E-state index contributed by atoms with van der Waals surface area (Å²) in [6, 6.07) is 3.54. The number of anilines is 1. The van der Waals surface area contributed by atoms with E-state index >= 15 is 0 Å². The summed E-state index contributed by atoms with van der Waals surface area (Å²) in [7, 11) is 1.85. The average molecular weight is 288 g/mol. The third-order valence-electron chi connectivity index (χ3n) is 3.23. The third-order valence-corrected chi connectivity index (χ3v) is 3.45. The maximum atomic E-state index is 12.7. The van der Waals surface area contributed by atoms with Crippen molar-refractivity contribution in [3.63, 3.8) is 0 Å². The summed E-state index contributed by atoms with van der Waals surface area (Å²) < 4.78 is 38.1. The lowest BCUT2D eigenvalue weighted by molar-refractivity contribution is -0.137. The van der Waals surface area contributed by atoms with Crippen LogP contribution in [-0.2, 0) is 6.18 Å². The Hall–Kier alpha value is -1.30. The van der Waals surface area contributed by atoms with Crippen LogP contribution in [0.5, 0.6) is 0 Å². The molecule has 1 fully saturated rings. The van der Waals surface area contributed by atoms with E-state index in [2.05, 4.69) is 0 Å². The highest BCUT2D eigenvalue weighted by atomic mass is 32.1. The van der Waals surface area contributed by atoms with Crippen molar-refractivity contribution < 1.29 is 13.2 Å². The zero-order valence-corrected chi connectivity index (χ0v) is 11.3. The summed E-state index contributed by atoms with van der Waals surface area (Å²) in [5.74, 6) is 0.631. The van der Waals surface area contributed by atoms with Crippen LogP contribution in [0.2, 0.25) is 0 Å². The van der Waals surface area contributed by atoms with Gasteiger partial charge in [-0.2, -0.15) is 13.2 Å². The molecule has 0 saturated heterocycles. The van der Waals surface area contributed by atoms with Gasteiger partial charge in [0.1, 0.15) is 4.99 Å². The van der Waals surface area contributed by atoms with Crippen LogP contribution >= 0.6 is 12.2 Å². The predicted octanol–water partition coefficient (Wildman–Crippen LogP) is 3.19. The highest BCUT2D eigenvalue weighted by Gasteiger charge is 2.32. The molecule has 104 valence electrons. The molecule has 2 N–H and O–H groups in total. The molecule has 1 aliphatic rings. The largest absolute Gasteiger partial charge is 0.416 e. The van der Waals surface area contributed by atoms with Crippen LogP contribution in [0.15, 0.2) is 18.2 Å². The van der Waals surface area contributed by atoms with Crippen molar-refractivity contribution in [1.29, 1.82) is 0 Å². The molecule has 0 amide bonds. The Labute approximate surface area is 115 Å². The Morgan fingerprint density at radius 1 is 1.42 bits per heavy atom. The first kappa shape index (κ1) is 14.1. The second-order valence-corrected chi connectivity index (χ2v) is 5.36. The zero-order valence-electron chi connectivity index (χ0n) is 10.5. The van der Waals surface area contributed by atoms with E-state index in [9.17, 15) is 13.2 Å². The van der Waals surface area contributed by atoms with Crippen LogP contribution in [-0.4, -0.2) is 18.6 Å². The Morgan fingerprint density at radius 3 is 2.53 bits per heavy atom. The molecule has 6 heteroatoms. The number of nitrogens with zero attached hydrogens (tertiary/aromatic N) is 1. The van der Waals surface area contributed by atoms with E-state index in [-0.39, 0.29) is 10.6 Å². The average Bonchev–Trinajstić information content (AvgIpc) is 3.10. The number of hydrogen-bond acceptors (Lipinski definition) is 2. The van der Waals surface area contributed by atoms with Crippen LogP contribution in [0, 0.1) is 5.92 Å². The Morgan fingerprint density at radius 2 is 2.05 bits per heavy atom. The Bertz CT molecular complexity index is 495. The summed E-state index contributed by atoms with van der Waals surface area (Å²) >= 11 is 4.86. The molecule has 0 aromatic heterocycles. The van der Waals surface area contributed by atoms with E-state index in [1.807, 2.05) is 11.9 Å². The molecule has 19 heavy (non-hydrogen) atoms. The molecular weight excluding hydrogens is 273 g/mol. The molecule has 1 aromatic rings. The lowest BCUT2D eigenvalue weighted by Crippen LogP contribution is -2.24. The van der Waals surface area contributed by atoms with Gasteiger partial charge in [0.05, 0.1) is 5.56 Å². The summed E-state index contributed by atoms with van der Waals surface area (Å²) in [6.07, 6.45) is -2.03. The first-order valence-electron chi connectivity index (χ1n) is 6.01. The predicted molar refractivity (Wildman–Crippen MR) is 73.3 cm³/mol. The fraction of sp³-hybridized carbons (Fsp3) is 0.462. The lowest BCUT2D eigenvalue weighted by atomic mass is 10.1. The Balaban J connectivity index is 2.34. The van der Waals surface area contributed by atoms with Gasteiger partial charge >= 0.3 is 6.18 Å². The topological polar surface area (TPSA) is 29.3 Å². The normalized spacial score (nSPS) is 15.4. The number of alkyl halides is 3. The molecule has 0 atom stereocenters. The zero-order chi connectivity index (χ0) is 14.2. The van der Waals surface area contributed by atoms with Crippen LogP contribution < -0.4 is 10.6 Å². The van der Waals surface area contributed by atoms with Gasteiger partial charge in [0.15, 0.2) is 0 Å². The molecule has 1 saturated carbocycles. The van der Waals surface area contributed by atoms with Crippen LogP contribution in [0.4, 0.5) is 18.9 Å². The molecule has 0 aliphatic heterocycles. The van der Waals surface area contributed by atoms with E-state index < -0.39 is 11.7 Å². The monoisotopic (exact) mass is 288 g/mol. The lowest BCUT2D eigenvalue weighted by Gasteiger charge is -2.23. The van der Waals surface area contributed by atoms with Crippen molar-refractivity contribution in [3.8, 4) is 0 Å². The maximum Gasteiger partial charge on any atom is 0.416 e. The summed E-state index contributed by atoms with van der Waals surface area (Å²) in [4.78, 5) is 1.91. The van der Waals surface area contributed by atoms with E-state index in [0.717, 1.165) is 18.7 Å². The molecule has 2 nitrogen and oxygen atoms in total. The molecule has 0 bridgehead atoms. The highest BCUT2D eigenvalue weighted by molar-refractivity contribution is 7.80. The van der Waals surface area contributed by atoms with Gasteiger partial charge in [-0.05, 0) is 37.0 Å². The van der Waals surface area contributed by atoms with Gasteiger partial charge in [0.25, 0.3) is 0 Å². The molecule has 2 rings (SSSR count). The van der Waals surface area contributed by atoms with Gasteiger partial charge in [0, 0.05) is 24.8 Å². The van der Waals surface area contributed by atoms with E-state index in [4.69, 9.17) is 18.0 Å². The third kappa shape index (κ3) is 3.37. The number of halogens is 3. The SMILES string of the molecule is CN(CC1CC1)c1ccc(C(F)(F)F)cc1C(N)=S. The van der Waals surface area contributed by atoms with Gasteiger partial charge in [-0.25, -0.2) is 0 Å². The van der Waals surface area contributed by atoms with Crippen LogP contribution in [0.1, 0.15) is 24.0 Å². The fourth-order valence-corrected chi connectivity index (χ4v) is 2.19. The van der Waals surface area contributed by atoms with Crippen molar-refractivity contribution in [1.82, 2.24) is 0 Å². The molecule has 0 unspecified atom stereocenters. The Kier molecular flexibility index (Phi) is 3.71. The minimum absolute atomic E-state index is 0.0104. The molecule has 0 radical (unpaired) electrons. The van der Waals surface area contributed by atoms with Gasteiger partial charge in [-0.15, -0.1) is 0 Å². The number of hydrogen-bond donors (Lipinski definition) is 1. The van der Waals surface area contributed by atoms with Crippen molar-refractivity contribution in [3.05, 3.63) is 29.3 Å². The minimum atomic E-state index is -4.38. The summed E-state index contributed by atoms with van der Waals surface area (Å²) in [5.41, 5.74) is 5.77. The van der Waals surface area contributed by atoms with Crippen molar-refractivity contribution in [2.75, 3.05) is 18.5 Å². The smallest absolute Gasteiger partial charge is 0.389 e. The summed E-state index contributed by atoms with van der Waals surface area (Å²) in [5, 5.41) is 0. The van der Waals surface area contributed by atoms with Gasteiger partial charge in [-0.1, -0.05) is 12.2 Å². The number of thiocarbonyl (C=S) groups is 1. The van der Waals surface area contributed by atoms with E-state index in [1.165, 1.54) is 18.9 Å². The van der Waals surface area contributed by atoms with Gasteiger partial charge < -0.3 is 10.6 Å². The van der Waals surface area contributed by atoms with Gasteiger partial charge in [0.2, 0.25) is 0 Å². The second kappa shape index (κ2) is 5.00. The molecule has 1 aliphatic carbocycles. The first-order valence-corrected chi connectivity index (χ1v) is 6.42. The van der Waals surface area contributed by atoms with Gasteiger partial charge in [-0.3, -0.25) is 0 Å². The second-order valence-electron chi connectivity index (χ2n) is 4.92. The minimum Gasteiger partial charge on any atom is -0.389 e. The molecule has 0 spiro atoms. The first-order chi connectivity index (χ1) is 8.79. The van der Waals surface area contributed by atoms with E-state index in [1.54, 1.807) is 0 Å². The number of benzene rings is 1. The highest BCUT2D eigenvalue weighted by Crippen LogP contribution is 2.35.